The molecule has 138 valence electrons. The number of hydrogen-bond donors (Lipinski definition) is 1. The summed E-state index contributed by atoms with van der Waals surface area (Å²) in [4.78, 5) is 17.3. The topological polar surface area (TPSA) is 63.8 Å². The van der Waals surface area contributed by atoms with E-state index in [9.17, 15) is 4.79 Å². The van der Waals surface area contributed by atoms with Crippen molar-refractivity contribution in [1.82, 2.24) is 5.32 Å². The Kier molecular flexibility index (Phi) is 5.23. The van der Waals surface area contributed by atoms with Crippen molar-refractivity contribution in [2.24, 2.45) is 4.99 Å². The zero-order valence-corrected chi connectivity index (χ0v) is 15.4. The molecule has 27 heavy (non-hydrogen) atoms. The third-order valence-corrected chi connectivity index (χ3v) is 4.69. The van der Waals surface area contributed by atoms with Gasteiger partial charge in [-0.3, -0.25) is 4.79 Å². The second kappa shape index (κ2) is 7.94. The molecule has 0 bridgehead atoms. The molecular weight excluding hydrogens is 364 g/mol. The summed E-state index contributed by atoms with van der Waals surface area (Å²) in [7, 11) is 0. The molecule has 1 fully saturated rings. The number of carbonyl (C=O) groups is 1. The van der Waals surface area contributed by atoms with Gasteiger partial charge in [-0.2, -0.15) is 0 Å². The Morgan fingerprint density at radius 3 is 2.81 bits per heavy atom. The molecule has 1 aliphatic heterocycles. The van der Waals surface area contributed by atoms with Crippen LogP contribution < -0.4 is 10.9 Å². The van der Waals surface area contributed by atoms with Crippen LogP contribution in [-0.2, 0) is 4.74 Å². The summed E-state index contributed by atoms with van der Waals surface area (Å²) in [5, 5.41) is 4.26. The Hall–Kier alpha value is -2.63. The summed E-state index contributed by atoms with van der Waals surface area (Å²) in [6, 6.07) is 16.4. The zero-order chi connectivity index (χ0) is 18.6. The number of rotatable bonds is 4. The van der Waals surface area contributed by atoms with Crippen molar-refractivity contribution in [1.29, 1.82) is 0 Å². The van der Waals surface area contributed by atoms with Crippen LogP contribution in [0.1, 0.15) is 23.2 Å². The molecule has 2 aromatic carbocycles. The highest BCUT2D eigenvalue weighted by Crippen LogP contribution is 2.20. The second-order valence-corrected chi connectivity index (χ2v) is 6.88. The van der Waals surface area contributed by atoms with Gasteiger partial charge >= 0.3 is 0 Å². The monoisotopic (exact) mass is 382 g/mol. The summed E-state index contributed by atoms with van der Waals surface area (Å²) in [6.45, 7) is 1.22. The third-order valence-electron chi connectivity index (χ3n) is 4.45. The molecule has 6 heteroatoms. The van der Waals surface area contributed by atoms with Gasteiger partial charge in [-0.05, 0) is 49.2 Å². The number of fused-ring (bicyclic) bond motifs is 1. The molecule has 1 saturated heterocycles. The molecular formula is C21H19ClN2O3. The van der Waals surface area contributed by atoms with Crippen LogP contribution in [0.4, 0.5) is 5.69 Å². The van der Waals surface area contributed by atoms with Gasteiger partial charge in [-0.15, -0.1) is 0 Å². The first-order valence-corrected chi connectivity index (χ1v) is 9.30. The van der Waals surface area contributed by atoms with Crippen LogP contribution >= 0.6 is 11.6 Å². The van der Waals surface area contributed by atoms with Crippen molar-refractivity contribution in [3.63, 3.8) is 0 Å². The maximum atomic E-state index is 12.8. The van der Waals surface area contributed by atoms with E-state index in [0.717, 1.165) is 24.8 Å². The lowest BCUT2D eigenvalue weighted by atomic mass is 10.1. The fraction of sp³-hybridized carbons (Fsp3) is 0.238. The number of nitrogens with zero attached hydrogens (tertiary/aromatic N) is 1. The fourth-order valence-corrected chi connectivity index (χ4v) is 3.25. The van der Waals surface area contributed by atoms with Crippen molar-refractivity contribution < 1.29 is 13.9 Å². The maximum Gasteiger partial charge on any atom is 0.256 e. The number of nitrogens with one attached hydrogen (secondary N) is 1. The van der Waals surface area contributed by atoms with Crippen LogP contribution in [0, 0.1) is 0 Å². The summed E-state index contributed by atoms with van der Waals surface area (Å²) >= 11 is 6.09. The van der Waals surface area contributed by atoms with E-state index in [1.54, 1.807) is 24.3 Å². The average molecular weight is 383 g/mol. The van der Waals surface area contributed by atoms with Gasteiger partial charge in [0.25, 0.3) is 5.91 Å². The Morgan fingerprint density at radius 1 is 1.19 bits per heavy atom. The standard InChI is InChI=1S/C21H19ClN2O3/c22-15-8-9-19-14(11-15)12-18(20(25)23-13-17-7-4-10-26-17)21(27-19)24-16-5-2-1-3-6-16/h1-3,5-6,8-9,11-12,17H,4,7,10,13H2,(H,23,25). The zero-order valence-electron chi connectivity index (χ0n) is 14.7. The second-order valence-electron chi connectivity index (χ2n) is 6.44. The third kappa shape index (κ3) is 4.21. The van der Waals surface area contributed by atoms with Crippen molar-refractivity contribution in [2.45, 2.75) is 18.9 Å². The van der Waals surface area contributed by atoms with E-state index in [2.05, 4.69) is 10.3 Å². The number of halogens is 1. The highest BCUT2D eigenvalue weighted by Gasteiger charge is 2.18. The van der Waals surface area contributed by atoms with E-state index in [1.165, 1.54) is 0 Å². The quantitative estimate of drug-likeness (QED) is 0.734. The molecule has 0 spiro atoms. The van der Waals surface area contributed by atoms with Crippen molar-refractivity contribution in [3.8, 4) is 0 Å². The van der Waals surface area contributed by atoms with E-state index >= 15 is 0 Å². The number of carbonyl (C=O) groups excluding carboxylic acids is 1. The van der Waals surface area contributed by atoms with E-state index < -0.39 is 0 Å². The fourth-order valence-electron chi connectivity index (χ4n) is 3.07. The lowest BCUT2D eigenvalue weighted by molar-refractivity contribution is 0.0854. The minimum absolute atomic E-state index is 0.0651. The lowest BCUT2D eigenvalue weighted by Gasteiger charge is -2.11. The molecule has 4 rings (SSSR count). The van der Waals surface area contributed by atoms with Crippen LogP contribution in [0.15, 0.2) is 64.0 Å². The molecule has 1 atom stereocenters. The average Bonchev–Trinajstić information content (AvgIpc) is 3.20. The normalized spacial score (nSPS) is 17.4. The highest BCUT2D eigenvalue weighted by molar-refractivity contribution is 6.31. The molecule has 1 amide bonds. The Bertz CT molecular complexity index is 1020. The SMILES string of the molecule is O=C(NCC1CCCO1)c1cc2cc(Cl)ccc2oc1=Nc1ccccc1. The summed E-state index contributed by atoms with van der Waals surface area (Å²) in [6.07, 6.45) is 2.05. The molecule has 2 heterocycles. The minimum atomic E-state index is -0.245. The minimum Gasteiger partial charge on any atom is -0.438 e. The number of benzene rings is 2. The van der Waals surface area contributed by atoms with Gasteiger partial charge in [0.2, 0.25) is 5.55 Å². The van der Waals surface area contributed by atoms with Gasteiger partial charge in [-0.25, -0.2) is 4.99 Å². The van der Waals surface area contributed by atoms with E-state index in [0.29, 0.717) is 28.4 Å². The van der Waals surface area contributed by atoms with Crippen molar-refractivity contribution in [2.75, 3.05) is 13.2 Å². The van der Waals surface area contributed by atoms with Gasteiger partial charge in [0, 0.05) is 23.6 Å². The summed E-state index contributed by atoms with van der Waals surface area (Å²) < 4.78 is 11.5. The van der Waals surface area contributed by atoms with Gasteiger partial charge in [0.1, 0.15) is 11.1 Å². The molecule has 1 N–H and O–H groups in total. The van der Waals surface area contributed by atoms with Gasteiger partial charge in [0.05, 0.1) is 11.8 Å². The largest absolute Gasteiger partial charge is 0.438 e. The van der Waals surface area contributed by atoms with E-state index in [4.69, 9.17) is 20.8 Å². The predicted octanol–water partition coefficient (Wildman–Crippen LogP) is 4.23. The first-order chi connectivity index (χ1) is 13.2. The van der Waals surface area contributed by atoms with Crippen LogP contribution in [0.5, 0.6) is 0 Å². The Morgan fingerprint density at radius 2 is 2.04 bits per heavy atom. The Labute approximate surface area is 161 Å². The lowest BCUT2D eigenvalue weighted by Crippen LogP contribution is -2.34. The predicted molar refractivity (Wildman–Crippen MR) is 104 cm³/mol. The van der Waals surface area contributed by atoms with Gasteiger partial charge in [-0.1, -0.05) is 29.8 Å². The van der Waals surface area contributed by atoms with Crippen LogP contribution in [-0.4, -0.2) is 25.2 Å². The van der Waals surface area contributed by atoms with Gasteiger partial charge in [0.15, 0.2) is 0 Å². The van der Waals surface area contributed by atoms with Crippen molar-refractivity contribution >= 4 is 34.2 Å². The molecule has 3 aromatic rings. The van der Waals surface area contributed by atoms with E-state index in [-0.39, 0.29) is 17.6 Å². The van der Waals surface area contributed by atoms with Crippen molar-refractivity contribution in [3.05, 3.63) is 70.7 Å². The molecule has 5 nitrogen and oxygen atoms in total. The van der Waals surface area contributed by atoms with Gasteiger partial charge < -0.3 is 14.5 Å². The Balaban J connectivity index is 1.74. The summed E-state index contributed by atoms with van der Waals surface area (Å²) in [5.41, 5.74) is 1.96. The first kappa shape index (κ1) is 17.8. The van der Waals surface area contributed by atoms with E-state index in [1.807, 2.05) is 30.3 Å². The highest BCUT2D eigenvalue weighted by atomic mass is 35.5. The van der Waals surface area contributed by atoms with Crippen LogP contribution in [0.25, 0.3) is 11.0 Å². The molecule has 1 unspecified atom stereocenters. The van der Waals surface area contributed by atoms with Crippen LogP contribution in [0.3, 0.4) is 0 Å². The molecule has 0 aliphatic carbocycles. The maximum absolute atomic E-state index is 12.8. The molecule has 0 radical (unpaired) electrons. The first-order valence-electron chi connectivity index (χ1n) is 8.92. The molecule has 1 aliphatic rings. The molecule has 0 saturated carbocycles. The molecule has 1 aromatic heterocycles. The number of ether oxygens (including phenoxy) is 1. The number of amides is 1. The summed E-state index contributed by atoms with van der Waals surface area (Å²) in [5.74, 6) is -0.245. The smallest absolute Gasteiger partial charge is 0.256 e. The van der Waals surface area contributed by atoms with Crippen LogP contribution in [0.2, 0.25) is 5.02 Å². The number of hydrogen-bond acceptors (Lipinski definition) is 4. The number of para-hydroxylation sites is 1.